The third-order valence-electron chi connectivity index (χ3n) is 3.50. The number of carbonyl (C=O) groups is 1. The largest absolute Gasteiger partial charge is 0.384 e. The molecule has 1 N–H and O–H groups in total. The molecule has 0 atom stereocenters. The summed E-state index contributed by atoms with van der Waals surface area (Å²) >= 11 is 0. The summed E-state index contributed by atoms with van der Waals surface area (Å²) in [4.78, 5) is 18.9. The summed E-state index contributed by atoms with van der Waals surface area (Å²) in [6.07, 6.45) is 7.81. The molecule has 1 rings (SSSR count). The first-order valence-electron chi connectivity index (χ1n) is 8.10. The molecule has 0 saturated heterocycles. The highest BCUT2D eigenvalue weighted by Crippen LogP contribution is 2.18. The van der Waals surface area contributed by atoms with E-state index in [1.165, 1.54) is 0 Å². The van der Waals surface area contributed by atoms with Crippen LogP contribution >= 0.6 is 0 Å². The second-order valence-corrected chi connectivity index (χ2v) is 5.65. The summed E-state index contributed by atoms with van der Waals surface area (Å²) in [5, 5.41) is 3.32. The van der Waals surface area contributed by atoms with Crippen molar-refractivity contribution in [1.82, 2.24) is 9.88 Å². The smallest absolute Gasteiger partial charge is 0.257 e. The number of unbranched alkanes of at least 4 members (excludes halogenated alkanes) is 2. The van der Waals surface area contributed by atoms with Crippen LogP contribution in [0.25, 0.3) is 0 Å². The molecule has 4 nitrogen and oxygen atoms in total. The van der Waals surface area contributed by atoms with Gasteiger partial charge < -0.3 is 10.2 Å². The zero-order chi connectivity index (χ0) is 15.7. The highest BCUT2D eigenvalue weighted by Gasteiger charge is 2.21. The van der Waals surface area contributed by atoms with E-state index in [2.05, 4.69) is 38.0 Å². The second-order valence-electron chi connectivity index (χ2n) is 5.65. The Morgan fingerprint density at radius 2 is 2.05 bits per heavy atom. The Kier molecular flexibility index (Phi) is 7.80. The minimum atomic E-state index is 0.0767. The molecule has 0 aromatic carbocycles. The van der Waals surface area contributed by atoms with Gasteiger partial charge in [-0.05, 0) is 32.8 Å². The Hall–Kier alpha value is -1.58. The van der Waals surface area contributed by atoms with Crippen LogP contribution in [-0.2, 0) is 0 Å². The summed E-state index contributed by atoms with van der Waals surface area (Å²) in [6, 6.07) is 2.08. The van der Waals surface area contributed by atoms with Crippen molar-refractivity contribution in [1.29, 1.82) is 0 Å². The van der Waals surface area contributed by atoms with Crippen molar-refractivity contribution >= 4 is 11.6 Å². The Morgan fingerprint density at radius 1 is 1.29 bits per heavy atom. The molecule has 0 aliphatic rings. The van der Waals surface area contributed by atoms with Gasteiger partial charge in [0.1, 0.15) is 0 Å². The Morgan fingerprint density at radius 3 is 2.67 bits per heavy atom. The predicted molar refractivity (Wildman–Crippen MR) is 88.7 cm³/mol. The molecular formula is C17H29N3O. The fourth-order valence-electron chi connectivity index (χ4n) is 2.26. The highest BCUT2D eigenvalue weighted by atomic mass is 16.2. The van der Waals surface area contributed by atoms with E-state index in [-0.39, 0.29) is 11.9 Å². The maximum Gasteiger partial charge on any atom is 0.257 e. The average molecular weight is 291 g/mol. The normalized spacial score (nSPS) is 10.7. The first-order chi connectivity index (χ1) is 10.1. The average Bonchev–Trinajstić information content (AvgIpc) is 2.49. The van der Waals surface area contributed by atoms with Gasteiger partial charge in [-0.25, -0.2) is 0 Å². The van der Waals surface area contributed by atoms with Crippen LogP contribution in [0.5, 0.6) is 0 Å². The fourth-order valence-corrected chi connectivity index (χ4v) is 2.26. The lowest BCUT2D eigenvalue weighted by Crippen LogP contribution is -2.38. The van der Waals surface area contributed by atoms with Crippen LogP contribution in [0.3, 0.4) is 0 Å². The van der Waals surface area contributed by atoms with E-state index in [0.29, 0.717) is 5.56 Å². The molecule has 21 heavy (non-hydrogen) atoms. The number of nitrogens with one attached hydrogen (secondary N) is 1. The Labute approximate surface area is 129 Å². The molecule has 0 fully saturated rings. The number of nitrogens with zero attached hydrogens (tertiary/aromatic N) is 2. The van der Waals surface area contributed by atoms with Gasteiger partial charge in [0.05, 0.1) is 11.3 Å². The first-order valence-corrected chi connectivity index (χ1v) is 8.10. The van der Waals surface area contributed by atoms with Crippen LogP contribution in [0.1, 0.15) is 63.7 Å². The van der Waals surface area contributed by atoms with Crippen LogP contribution < -0.4 is 5.32 Å². The molecule has 4 heteroatoms. The number of hydrogen-bond donors (Lipinski definition) is 1. The summed E-state index contributed by atoms with van der Waals surface area (Å²) < 4.78 is 0. The van der Waals surface area contributed by atoms with Gasteiger partial charge in [-0.15, -0.1) is 0 Å². The molecule has 0 saturated carbocycles. The maximum atomic E-state index is 12.8. The van der Waals surface area contributed by atoms with E-state index in [1.807, 2.05) is 11.0 Å². The predicted octanol–water partition coefficient (Wildman–Crippen LogP) is 3.94. The summed E-state index contributed by atoms with van der Waals surface area (Å²) in [6.45, 7) is 10.1. The molecule has 0 unspecified atom stereocenters. The summed E-state index contributed by atoms with van der Waals surface area (Å²) in [5.74, 6) is 0.0767. The van der Waals surface area contributed by atoms with Crippen molar-refractivity contribution in [3.8, 4) is 0 Å². The third-order valence-corrected chi connectivity index (χ3v) is 3.50. The SMILES string of the molecule is CCCCCN(C(=O)c1cnccc1NCCC)C(C)C. The monoisotopic (exact) mass is 291 g/mol. The van der Waals surface area contributed by atoms with E-state index < -0.39 is 0 Å². The van der Waals surface area contributed by atoms with Gasteiger partial charge in [-0.3, -0.25) is 9.78 Å². The molecule has 0 aliphatic heterocycles. The van der Waals surface area contributed by atoms with E-state index in [0.717, 1.165) is 44.5 Å². The number of amides is 1. The van der Waals surface area contributed by atoms with Crippen molar-refractivity contribution in [2.75, 3.05) is 18.4 Å². The number of pyridine rings is 1. The second kappa shape index (κ2) is 9.37. The molecule has 0 radical (unpaired) electrons. The molecule has 0 aliphatic carbocycles. The van der Waals surface area contributed by atoms with Crippen LogP contribution in [0.2, 0.25) is 0 Å². The molecular weight excluding hydrogens is 262 g/mol. The zero-order valence-electron chi connectivity index (χ0n) is 13.9. The number of rotatable bonds is 9. The van der Waals surface area contributed by atoms with Crippen LogP contribution in [0.4, 0.5) is 5.69 Å². The number of hydrogen-bond acceptors (Lipinski definition) is 3. The van der Waals surface area contributed by atoms with E-state index >= 15 is 0 Å². The van der Waals surface area contributed by atoms with Gasteiger partial charge in [0.2, 0.25) is 0 Å². The third kappa shape index (κ3) is 5.37. The standard InChI is InChI=1S/C17H29N3O/c1-5-7-8-12-20(14(3)4)17(21)15-13-18-11-9-16(15)19-10-6-2/h9,11,13-14H,5-8,10,12H2,1-4H3,(H,18,19). The lowest BCUT2D eigenvalue weighted by Gasteiger charge is -2.27. The molecule has 1 aromatic heterocycles. The number of carbonyl (C=O) groups excluding carboxylic acids is 1. The minimum absolute atomic E-state index is 0.0767. The van der Waals surface area contributed by atoms with Crippen molar-refractivity contribution in [2.24, 2.45) is 0 Å². The van der Waals surface area contributed by atoms with Crippen LogP contribution in [-0.4, -0.2) is 34.9 Å². The molecule has 118 valence electrons. The number of anilines is 1. The maximum absolute atomic E-state index is 12.8. The van der Waals surface area contributed by atoms with E-state index in [9.17, 15) is 4.79 Å². The lowest BCUT2D eigenvalue weighted by molar-refractivity contribution is 0.0703. The highest BCUT2D eigenvalue weighted by molar-refractivity contribution is 5.99. The molecule has 0 spiro atoms. The fraction of sp³-hybridized carbons (Fsp3) is 0.647. The van der Waals surface area contributed by atoms with Gasteiger partial charge >= 0.3 is 0 Å². The Balaban J connectivity index is 2.87. The van der Waals surface area contributed by atoms with E-state index in [4.69, 9.17) is 0 Å². The van der Waals surface area contributed by atoms with Gasteiger partial charge in [0.25, 0.3) is 5.91 Å². The van der Waals surface area contributed by atoms with Crippen molar-refractivity contribution in [3.63, 3.8) is 0 Å². The zero-order valence-corrected chi connectivity index (χ0v) is 13.9. The molecule has 0 bridgehead atoms. The van der Waals surface area contributed by atoms with Gasteiger partial charge in [-0.1, -0.05) is 26.7 Å². The van der Waals surface area contributed by atoms with Gasteiger partial charge in [0, 0.05) is 31.5 Å². The summed E-state index contributed by atoms with van der Waals surface area (Å²) in [7, 11) is 0. The minimum Gasteiger partial charge on any atom is -0.384 e. The molecule has 1 aromatic rings. The quantitative estimate of drug-likeness (QED) is 0.701. The van der Waals surface area contributed by atoms with Crippen LogP contribution in [0.15, 0.2) is 18.5 Å². The molecule has 1 amide bonds. The lowest BCUT2D eigenvalue weighted by atomic mass is 10.1. The topological polar surface area (TPSA) is 45.2 Å². The first kappa shape index (κ1) is 17.5. The van der Waals surface area contributed by atoms with Crippen molar-refractivity contribution in [2.45, 2.75) is 59.4 Å². The van der Waals surface area contributed by atoms with Crippen molar-refractivity contribution < 1.29 is 4.79 Å². The number of aromatic nitrogens is 1. The van der Waals surface area contributed by atoms with Gasteiger partial charge in [0.15, 0.2) is 0 Å². The van der Waals surface area contributed by atoms with Gasteiger partial charge in [-0.2, -0.15) is 0 Å². The molecule has 1 heterocycles. The van der Waals surface area contributed by atoms with E-state index in [1.54, 1.807) is 12.4 Å². The summed E-state index contributed by atoms with van der Waals surface area (Å²) in [5.41, 5.74) is 1.56. The Bertz CT molecular complexity index is 432. The van der Waals surface area contributed by atoms with Crippen molar-refractivity contribution in [3.05, 3.63) is 24.0 Å². The van der Waals surface area contributed by atoms with Crippen LogP contribution in [0, 0.1) is 0 Å².